The average molecular weight is 765 g/mol. The minimum absolute atomic E-state index is 0.403. The van der Waals surface area contributed by atoms with E-state index in [1.54, 1.807) is 0 Å². The Morgan fingerprint density at radius 1 is 0.526 bits per heavy atom. The van der Waals surface area contributed by atoms with Crippen LogP contribution >= 0.6 is 0 Å². The number of ether oxygens (including phenoxy) is 1. The summed E-state index contributed by atoms with van der Waals surface area (Å²) in [5.74, 6) is 5.41. The number of nitriles is 2. The van der Waals surface area contributed by atoms with Gasteiger partial charge in [0.25, 0.3) is 0 Å². The highest BCUT2D eigenvalue weighted by molar-refractivity contribution is 5.48. The molecule has 2 fully saturated rings. The second kappa shape index (κ2) is 22.4. The second-order valence-corrected chi connectivity index (χ2v) is 17.0. The summed E-state index contributed by atoms with van der Waals surface area (Å²) in [4.78, 5) is 19.3. The number of benzene rings is 2. The number of aryl methyl sites for hydroxylation is 2. The van der Waals surface area contributed by atoms with Gasteiger partial charge in [0.2, 0.25) is 0 Å². The van der Waals surface area contributed by atoms with Crippen LogP contribution in [0, 0.1) is 34.5 Å². The van der Waals surface area contributed by atoms with Crippen LogP contribution in [0.5, 0.6) is 11.5 Å². The molecule has 4 aromatic rings. The van der Waals surface area contributed by atoms with Crippen LogP contribution in [0.2, 0.25) is 0 Å². The molecule has 6 rings (SSSR count). The number of unbranched alkanes of at least 4 members (excludes halogenated alkanes) is 8. The Morgan fingerprint density at radius 2 is 0.912 bits per heavy atom. The first-order valence-corrected chi connectivity index (χ1v) is 22.4. The lowest BCUT2D eigenvalue weighted by Gasteiger charge is -2.29. The fourth-order valence-corrected chi connectivity index (χ4v) is 9.08. The zero-order chi connectivity index (χ0) is 39.7. The van der Waals surface area contributed by atoms with Crippen LogP contribution < -0.4 is 4.74 Å². The SMILES string of the molecule is CCCCCCCc1cnc(C2CCC(Cc3cc(C#N)ccc3Oc3ccc(C#N)cc3CC3CCC(c4ncc(CCCCCCC)cn4)CC3)CC2)nc1. The van der Waals surface area contributed by atoms with E-state index in [0.717, 1.165) is 111 Å². The lowest BCUT2D eigenvalue weighted by Crippen LogP contribution is -2.18. The topological polar surface area (TPSA) is 108 Å². The molecule has 0 spiro atoms. The molecule has 0 radical (unpaired) electrons. The van der Waals surface area contributed by atoms with Gasteiger partial charge in [0.15, 0.2) is 0 Å². The molecule has 7 nitrogen and oxygen atoms in total. The highest BCUT2D eigenvalue weighted by atomic mass is 16.5. The maximum Gasteiger partial charge on any atom is 0.131 e. The normalized spacial score (nSPS) is 19.4. The molecule has 0 N–H and O–H groups in total. The molecule has 0 aliphatic heterocycles. The first kappa shape index (κ1) is 42.0. The van der Waals surface area contributed by atoms with Crippen LogP contribution in [-0.4, -0.2) is 19.9 Å². The average Bonchev–Trinajstić information content (AvgIpc) is 3.25. The minimum Gasteiger partial charge on any atom is -0.457 e. The summed E-state index contributed by atoms with van der Waals surface area (Å²) in [5.41, 5.74) is 5.97. The fourth-order valence-electron chi connectivity index (χ4n) is 9.08. The van der Waals surface area contributed by atoms with E-state index in [1.165, 1.54) is 75.3 Å². The Hall–Kier alpha value is -4.62. The third-order valence-corrected chi connectivity index (χ3v) is 12.6. The summed E-state index contributed by atoms with van der Waals surface area (Å²) < 4.78 is 6.76. The van der Waals surface area contributed by atoms with Crippen molar-refractivity contribution in [1.29, 1.82) is 10.5 Å². The van der Waals surface area contributed by atoms with Crippen LogP contribution in [0.25, 0.3) is 0 Å². The molecular formula is C50H64N6O. The zero-order valence-electron chi connectivity index (χ0n) is 34.7. The van der Waals surface area contributed by atoms with E-state index < -0.39 is 0 Å². The van der Waals surface area contributed by atoms with Crippen LogP contribution in [0.3, 0.4) is 0 Å². The third-order valence-electron chi connectivity index (χ3n) is 12.6. The van der Waals surface area contributed by atoms with Crippen LogP contribution in [0.1, 0.15) is 186 Å². The monoisotopic (exact) mass is 765 g/mol. The largest absolute Gasteiger partial charge is 0.457 e. The lowest BCUT2D eigenvalue weighted by atomic mass is 9.78. The summed E-state index contributed by atoms with van der Waals surface area (Å²) in [6.45, 7) is 4.51. The standard InChI is InChI=1S/C50H64N6O/c1-3-5-7-9-11-13-41-33-53-49(54-34-41)43-21-15-37(16-22-43)27-45-29-39(31-51)19-25-47(45)57-48-26-20-40(32-52)30-46(48)28-38-17-23-44(24-18-38)50-55-35-42(36-56-50)14-12-10-8-6-4-2/h19-20,25-26,29-30,33-38,43-44H,3-18,21-24,27-28H2,1-2H3. The van der Waals surface area contributed by atoms with Crippen molar-refractivity contribution in [2.75, 3.05) is 0 Å². The van der Waals surface area contributed by atoms with Gasteiger partial charge in [-0.1, -0.05) is 65.2 Å². The molecule has 7 heteroatoms. The zero-order valence-corrected chi connectivity index (χ0v) is 34.7. The van der Waals surface area contributed by atoms with Crippen molar-refractivity contribution in [1.82, 2.24) is 19.9 Å². The first-order valence-electron chi connectivity index (χ1n) is 22.4. The van der Waals surface area contributed by atoms with Gasteiger partial charge < -0.3 is 4.74 Å². The molecule has 2 aliphatic rings. The second-order valence-electron chi connectivity index (χ2n) is 17.0. The van der Waals surface area contributed by atoms with Gasteiger partial charge in [0, 0.05) is 36.6 Å². The Kier molecular flexibility index (Phi) is 16.5. The highest BCUT2D eigenvalue weighted by Crippen LogP contribution is 2.40. The van der Waals surface area contributed by atoms with Crippen molar-refractivity contribution in [3.63, 3.8) is 0 Å². The minimum atomic E-state index is 0.403. The molecule has 2 aliphatic carbocycles. The molecule has 2 heterocycles. The van der Waals surface area contributed by atoms with Gasteiger partial charge in [0.1, 0.15) is 23.1 Å². The van der Waals surface area contributed by atoms with Crippen molar-refractivity contribution < 1.29 is 4.74 Å². The molecule has 0 unspecified atom stereocenters. The highest BCUT2D eigenvalue weighted by Gasteiger charge is 2.27. The van der Waals surface area contributed by atoms with Crippen LogP contribution in [0.4, 0.5) is 0 Å². The molecule has 300 valence electrons. The van der Waals surface area contributed by atoms with Gasteiger partial charge in [-0.3, -0.25) is 0 Å². The van der Waals surface area contributed by atoms with Gasteiger partial charge in [-0.15, -0.1) is 0 Å². The van der Waals surface area contributed by atoms with Gasteiger partial charge in [0.05, 0.1) is 23.3 Å². The van der Waals surface area contributed by atoms with E-state index in [1.807, 2.05) is 36.4 Å². The van der Waals surface area contributed by atoms with Crippen molar-refractivity contribution in [3.05, 3.63) is 106 Å². The van der Waals surface area contributed by atoms with Crippen molar-refractivity contribution >= 4 is 0 Å². The maximum absolute atomic E-state index is 9.81. The lowest BCUT2D eigenvalue weighted by molar-refractivity contribution is 0.312. The summed E-state index contributed by atoms with van der Waals surface area (Å²) in [7, 11) is 0. The predicted molar refractivity (Wildman–Crippen MR) is 228 cm³/mol. The summed E-state index contributed by atoms with van der Waals surface area (Å²) in [6, 6.07) is 16.4. The molecule has 2 aromatic carbocycles. The van der Waals surface area contributed by atoms with Crippen LogP contribution in [-0.2, 0) is 25.7 Å². The summed E-state index contributed by atoms with van der Waals surface area (Å²) in [5, 5.41) is 19.6. The number of hydrogen-bond donors (Lipinski definition) is 0. The molecule has 0 bridgehead atoms. The Balaban J connectivity index is 1.03. The van der Waals surface area contributed by atoms with E-state index in [2.05, 4.69) is 50.8 Å². The van der Waals surface area contributed by atoms with Gasteiger partial charge >= 0.3 is 0 Å². The Labute approximate surface area is 342 Å². The number of rotatable bonds is 20. The fraction of sp³-hybridized carbons (Fsp3) is 0.560. The van der Waals surface area contributed by atoms with Crippen molar-refractivity contribution in [2.24, 2.45) is 11.8 Å². The predicted octanol–water partition coefficient (Wildman–Crippen LogP) is 12.9. The third kappa shape index (κ3) is 12.7. The Bertz CT molecular complexity index is 1750. The van der Waals surface area contributed by atoms with Crippen molar-refractivity contribution in [3.8, 4) is 23.6 Å². The van der Waals surface area contributed by atoms with Gasteiger partial charge in [-0.25, -0.2) is 19.9 Å². The molecule has 2 saturated carbocycles. The van der Waals surface area contributed by atoms with E-state index >= 15 is 0 Å². The molecule has 0 saturated heterocycles. The maximum atomic E-state index is 9.81. The van der Waals surface area contributed by atoms with Crippen molar-refractivity contribution in [2.45, 2.75) is 167 Å². The molecule has 2 aromatic heterocycles. The summed E-state index contributed by atoms with van der Waals surface area (Å²) >= 11 is 0. The summed E-state index contributed by atoms with van der Waals surface area (Å²) in [6.07, 6.45) is 33.6. The van der Waals surface area contributed by atoms with E-state index in [-0.39, 0.29) is 0 Å². The first-order chi connectivity index (χ1) is 28.0. The number of hydrogen-bond acceptors (Lipinski definition) is 7. The molecule has 0 atom stereocenters. The van der Waals surface area contributed by atoms with E-state index in [4.69, 9.17) is 24.7 Å². The number of nitrogens with zero attached hydrogens (tertiary/aromatic N) is 6. The van der Waals surface area contributed by atoms with E-state index in [9.17, 15) is 10.5 Å². The van der Waals surface area contributed by atoms with E-state index in [0.29, 0.717) is 34.8 Å². The molecule has 0 amide bonds. The van der Waals surface area contributed by atoms with Gasteiger partial charge in [-0.05, 0) is 160 Å². The van der Waals surface area contributed by atoms with Crippen LogP contribution in [0.15, 0.2) is 61.2 Å². The molecule has 57 heavy (non-hydrogen) atoms. The quantitative estimate of drug-likeness (QED) is 0.0824. The van der Waals surface area contributed by atoms with Gasteiger partial charge in [-0.2, -0.15) is 10.5 Å². The Morgan fingerprint density at radius 3 is 1.28 bits per heavy atom. The number of aromatic nitrogens is 4. The smallest absolute Gasteiger partial charge is 0.131 e. The molecular weight excluding hydrogens is 701 g/mol.